The van der Waals surface area contributed by atoms with E-state index in [2.05, 4.69) is 32.0 Å². The number of benzene rings is 2. The topological polar surface area (TPSA) is 104 Å². The number of rotatable bonds is 1. The minimum atomic E-state index is -1.40. The summed E-state index contributed by atoms with van der Waals surface area (Å²) < 4.78 is 0. The van der Waals surface area contributed by atoms with Crippen LogP contribution in [0.2, 0.25) is 0 Å². The fraction of sp³-hybridized carbons (Fsp3) is 0.167. The van der Waals surface area contributed by atoms with Gasteiger partial charge in [0.05, 0.1) is 0 Å². The molecule has 4 rings (SSSR count). The molecule has 2 aromatic carbocycles. The Kier molecular flexibility index (Phi) is 3.24. The number of amides is 1. The molecule has 0 aromatic heterocycles. The van der Waals surface area contributed by atoms with E-state index in [1.165, 1.54) is 5.56 Å². The first kappa shape index (κ1) is 15.2. The highest BCUT2D eigenvalue weighted by atomic mass is 16.2. The molecule has 0 fully saturated rings. The standard InChI is InChI=1S/C18H18N6O/c1-10-7-8-13(11(2)9-10)21-17-22-16(19)23-18(24-17)12-5-3-4-6-14(12)20-15(18)25/h3-9H,1-2H3,(H,20,25)(H4,19,21,22,23,24)/t18-/m1/s1. The van der Waals surface area contributed by atoms with Crippen LogP contribution in [-0.4, -0.2) is 17.8 Å². The lowest BCUT2D eigenvalue weighted by Crippen LogP contribution is -2.49. The first-order valence-electron chi connectivity index (χ1n) is 7.95. The van der Waals surface area contributed by atoms with Gasteiger partial charge in [0.1, 0.15) is 0 Å². The van der Waals surface area contributed by atoms with Crippen LogP contribution in [0, 0.1) is 13.8 Å². The zero-order valence-electron chi connectivity index (χ0n) is 13.9. The molecule has 5 N–H and O–H groups in total. The predicted octanol–water partition coefficient (Wildman–Crippen LogP) is 1.79. The molecular formula is C18H18N6O. The molecule has 2 aliphatic heterocycles. The molecule has 0 unspecified atom stereocenters. The Morgan fingerprint density at radius 3 is 2.68 bits per heavy atom. The van der Waals surface area contributed by atoms with Crippen molar-refractivity contribution in [3.63, 3.8) is 0 Å². The van der Waals surface area contributed by atoms with Crippen molar-refractivity contribution < 1.29 is 4.79 Å². The highest BCUT2D eigenvalue weighted by Crippen LogP contribution is 2.40. The SMILES string of the molecule is Cc1ccc(NC2=N[C@@]3(N=C(N)N2)C(=O)Nc2ccccc23)c(C)c1. The molecule has 2 aliphatic rings. The quantitative estimate of drug-likeness (QED) is 0.638. The van der Waals surface area contributed by atoms with E-state index in [-0.39, 0.29) is 11.9 Å². The molecule has 0 saturated carbocycles. The molecule has 25 heavy (non-hydrogen) atoms. The molecule has 7 heteroatoms. The lowest BCUT2D eigenvalue weighted by Gasteiger charge is -2.26. The first-order valence-corrected chi connectivity index (χ1v) is 7.95. The fourth-order valence-corrected chi connectivity index (χ4v) is 3.13. The Hall–Kier alpha value is -3.35. The fourth-order valence-electron chi connectivity index (χ4n) is 3.13. The third-order valence-electron chi connectivity index (χ3n) is 4.30. The second kappa shape index (κ2) is 5.34. The van der Waals surface area contributed by atoms with Crippen molar-refractivity contribution in [1.82, 2.24) is 5.32 Å². The van der Waals surface area contributed by atoms with Crippen LogP contribution in [-0.2, 0) is 10.5 Å². The van der Waals surface area contributed by atoms with Crippen molar-refractivity contribution in [2.45, 2.75) is 19.5 Å². The smallest absolute Gasteiger partial charge is 0.280 e. The van der Waals surface area contributed by atoms with Crippen molar-refractivity contribution >= 4 is 29.2 Å². The molecule has 1 amide bonds. The molecule has 7 nitrogen and oxygen atoms in total. The summed E-state index contributed by atoms with van der Waals surface area (Å²) in [4.78, 5) is 21.5. The summed E-state index contributed by atoms with van der Waals surface area (Å²) in [6.45, 7) is 4.04. The lowest BCUT2D eigenvalue weighted by atomic mass is 10.0. The number of nitrogens with zero attached hydrogens (tertiary/aromatic N) is 2. The summed E-state index contributed by atoms with van der Waals surface area (Å²) in [5.74, 6) is 0.193. The van der Waals surface area contributed by atoms with E-state index in [1.807, 2.05) is 50.2 Å². The molecule has 126 valence electrons. The number of carbonyl (C=O) groups is 1. The van der Waals surface area contributed by atoms with Crippen LogP contribution in [0.1, 0.15) is 16.7 Å². The van der Waals surface area contributed by atoms with Gasteiger partial charge < -0.3 is 16.4 Å². The van der Waals surface area contributed by atoms with E-state index in [0.29, 0.717) is 17.2 Å². The number of para-hydroxylation sites is 1. The zero-order chi connectivity index (χ0) is 17.6. The van der Waals surface area contributed by atoms with Gasteiger partial charge in [-0.3, -0.25) is 10.1 Å². The summed E-state index contributed by atoms with van der Waals surface area (Å²) in [7, 11) is 0. The van der Waals surface area contributed by atoms with Crippen LogP contribution in [0.3, 0.4) is 0 Å². The summed E-state index contributed by atoms with van der Waals surface area (Å²) >= 11 is 0. The van der Waals surface area contributed by atoms with Crippen molar-refractivity contribution in [2.24, 2.45) is 15.7 Å². The average molecular weight is 334 g/mol. The van der Waals surface area contributed by atoms with E-state index >= 15 is 0 Å². The number of nitrogens with one attached hydrogen (secondary N) is 3. The third-order valence-corrected chi connectivity index (χ3v) is 4.30. The number of nitrogens with two attached hydrogens (primary N) is 1. The minimum absolute atomic E-state index is 0.133. The van der Waals surface area contributed by atoms with Crippen LogP contribution >= 0.6 is 0 Å². The van der Waals surface area contributed by atoms with Gasteiger partial charge in [-0.1, -0.05) is 35.9 Å². The number of guanidine groups is 2. The molecule has 0 aliphatic carbocycles. The molecule has 2 aromatic rings. The Labute approximate surface area is 145 Å². The highest BCUT2D eigenvalue weighted by Gasteiger charge is 2.49. The monoisotopic (exact) mass is 334 g/mol. The molecule has 1 spiro atoms. The maximum atomic E-state index is 12.6. The van der Waals surface area contributed by atoms with Crippen LogP contribution < -0.4 is 21.7 Å². The third kappa shape index (κ3) is 2.40. The van der Waals surface area contributed by atoms with Gasteiger partial charge in [-0.2, -0.15) is 0 Å². The van der Waals surface area contributed by atoms with Gasteiger partial charge in [0, 0.05) is 16.9 Å². The van der Waals surface area contributed by atoms with Crippen LogP contribution in [0.4, 0.5) is 11.4 Å². The second-order valence-corrected chi connectivity index (χ2v) is 6.20. The lowest BCUT2D eigenvalue weighted by molar-refractivity contribution is -0.120. The number of hydrogen-bond acceptors (Lipinski definition) is 6. The minimum Gasteiger partial charge on any atom is -0.370 e. The van der Waals surface area contributed by atoms with E-state index in [0.717, 1.165) is 11.3 Å². The zero-order valence-corrected chi connectivity index (χ0v) is 13.9. The van der Waals surface area contributed by atoms with Crippen molar-refractivity contribution in [1.29, 1.82) is 0 Å². The number of aryl methyl sites for hydroxylation is 2. The van der Waals surface area contributed by atoms with E-state index in [4.69, 9.17) is 5.73 Å². The van der Waals surface area contributed by atoms with Crippen LogP contribution in [0.15, 0.2) is 52.4 Å². The summed E-state index contributed by atoms with van der Waals surface area (Å²) in [5, 5.41) is 8.92. The van der Waals surface area contributed by atoms with Gasteiger partial charge >= 0.3 is 0 Å². The van der Waals surface area contributed by atoms with E-state index in [9.17, 15) is 4.79 Å². The van der Waals surface area contributed by atoms with Gasteiger partial charge in [0.15, 0.2) is 5.96 Å². The van der Waals surface area contributed by atoms with Gasteiger partial charge in [-0.25, -0.2) is 9.98 Å². The molecular weight excluding hydrogens is 316 g/mol. The van der Waals surface area contributed by atoms with Crippen molar-refractivity contribution in [3.05, 3.63) is 59.2 Å². The predicted molar refractivity (Wildman–Crippen MR) is 98.5 cm³/mol. The number of fused-ring (bicyclic) bond motifs is 2. The Balaban J connectivity index is 1.77. The Morgan fingerprint density at radius 2 is 1.88 bits per heavy atom. The summed E-state index contributed by atoms with van der Waals surface area (Å²) in [6.07, 6.45) is 0. The number of hydrogen-bond donors (Lipinski definition) is 4. The maximum Gasteiger partial charge on any atom is 0.280 e. The molecule has 1 atom stereocenters. The van der Waals surface area contributed by atoms with Gasteiger partial charge in [-0.15, -0.1) is 0 Å². The molecule has 0 saturated heterocycles. The van der Waals surface area contributed by atoms with E-state index in [1.54, 1.807) is 0 Å². The normalized spacial score (nSPS) is 21.1. The first-order chi connectivity index (χ1) is 12.0. The van der Waals surface area contributed by atoms with Crippen molar-refractivity contribution in [3.8, 4) is 0 Å². The maximum absolute atomic E-state index is 12.6. The number of aliphatic imine (C=N–C) groups is 2. The Bertz CT molecular complexity index is 948. The Morgan fingerprint density at radius 1 is 1.08 bits per heavy atom. The largest absolute Gasteiger partial charge is 0.370 e. The van der Waals surface area contributed by atoms with Crippen molar-refractivity contribution in [2.75, 3.05) is 10.6 Å². The number of anilines is 2. The van der Waals surface area contributed by atoms with Crippen LogP contribution in [0.5, 0.6) is 0 Å². The van der Waals surface area contributed by atoms with Crippen LogP contribution in [0.25, 0.3) is 0 Å². The molecule has 0 bridgehead atoms. The van der Waals surface area contributed by atoms with E-state index < -0.39 is 5.66 Å². The average Bonchev–Trinajstić information content (AvgIpc) is 2.82. The summed E-state index contributed by atoms with van der Waals surface area (Å²) in [6, 6.07) is 13.4. The molecule has 0 radical (unpaired) electrons. The highest BCUT2D eigenvalue weighted by molar-refractivity contribution is 6.13. The summed E-state index contributed by atoms with van der Waals surface area (Å²) in [5.41, 5.74) is 9.05. The van der Waals surface area contributed by atoms with Gasteiger partial charge in [0.2, 0.25) is 5.96 Å². The molecule has 2 heterocycles. The second-order valence-electron chi connectivity index (χ2n) is 6.20. The van der Waals surface area contributed by atoms with Gasteiger partial charge in [-0.05, 0) is 31.5 Å². The number of carbonyl (C=O) groups excluding carboxylic acids is 1. The van der Waals surface area contributed by atoms with Gasteiger partial charge in [0.25, 0.3) is 11.6 Å².